The molecule has 0 spiro atoms. The number of nitrogens with zero attached hydrogens (tertiary/aromatic N) is 3. The van der Waals surface area contributed by atoms with E-state index in [9.17, 15) is 4.79 Å². The molecule has 5 rings (SSSR count). The maximum absolute atomic E-state index is 13.0. The summed E-state index contributed by atoms with van der Waals surface area (Å²) in [5.74, 6) is 2.23. The number of anilines is 2. The smallest absolute Gasteiger partial charge is 0.229 e. The molecule has 0 bridgehead atoms. The molecule has 0 aliphatic carbocycles. The molecule has 1 fully saturated rings. The van der Waals surface area contributed by atoms with Crippen LogP contribution < -0.4 is 15.0 Å². The maximum atomic E-state index is 13.0. The summed E-state index contributed by atoms with van der Waals surface area (Å²) >= 11 is 0. The molecule has 6 heteroatoms. The number of hydrogen-bond donors (Lipinski definition) is 1. The van der Waals surface area contributed by atoms with Gasteiger partial charge in [0, 0.05) is 24.3 Å². The molecule has 2 heterocycles. The van der Waals surface area contributed by atoms with Gasteiger partial charge in [-0.1, -0.05) is 48.0 Å². The van der Waals surface area contributed by atoms with Gasteiger partial charge in [-0.2, -0.15) is 0 Å². The number of piperidine rings is 1. The Morgan fingerprint density at radius 3 is 2.34 bits per heavy atom. The van der Waals surface area contributed by atoms with E-state index in [-0.39, 0.29) is 11.8 Å². The zero-order valence-corrected chi connectivity index (χ0v) is 19.7. The third kappa shape index (κ3) is 5.66. The number of carbonyl (C=O) groups excluding carboxylic acids is 1. The summed E-state index contributed by atoms with van der Waals surface area (Å²) < 4.78 is 5.83. The number of carbonyl (C=O) groups is 1. The monoisotopic (exact) mass is 464 g/mol. The number of amides is 1. The van der Waals surface area contributed by atoms with Crippen LogP contribution >= 0.6 is 0 Å². The highest BCUT2D eigenvalue weighted by Gasteiger charge is 2.27. The van der Waals surface area contributed by atoms with Crippen molar-refractivity contribution in [3.8, 4) is 22.8 Å². The normalized spacial score (nSPS) is 15.5. The van der Waals surface area contributed by atoms with Crippen LogP contribution in [0.3, 0.4) is 0 Å². The first-order valence-electron chi connectivity index (χ1n) is 11.9. The highest BCUT2D eigenvalue weighted by Crippen LogP contribution is 2.26. The molecule has 0 radical (unpaired) electrons. The summed E-state index contributed by atoms with van der Waals surface area (Å²) in [5.41, 5.74) is 3.87. The zero-order chi connectivity index (χ0) is 24.0. The Bertz CT molecular complexity index is 1260. The van der Waals surface area contributed by atoms with Gasteiger partial charge in [0.15, 0.2) is 5.82 Å². The number of para-hydroxylation sites is 1. The van der Waals surface area contributed by atoms with Crippen molar-refractivity contribution in [1.82, 2.24) is 10.2 Å². The molecule has 0 unspecified atom stereocenters. The molecule has 1 saturated heterocycles. The number of hydrogen-bond acceptors (Lipinski definition) is 5. The molecule has 6 nitrogen and oxygen atoms in total. The van der Waals surface area contributed by atoms with E-state index in [2.05, 4.69) is 51.6 Å². The van der Waals surface area contributed by atoms with Crippen LogP contribution in [0.25, 0.3) is 11.3 Å². The summed E-state index contributed by atoms with van der Waals surface area (Å²) in [6.07, 6.45) is 1.79. The Morgan fingerprint density at radius 1 is 0.886 bits per heavy atom. The highest BCUT2D eigenvalue weighted by atomic mass is 16.5. The second-order valence-electron chi connectivity index (χ2n) is 8.86. The van der Waals surface area contributed by atoms with Crippen LogP contribution in [-0.2, 0) is 4.79 Å². The molecule has 4 aromatic rings. The quantitative estimate of drug-likeness (QED) is 0.373. The fraction of sp³-hybridized carbons (Fsp3) is 0.207. The fourth-order valence-corrected chi connectivity index (χ4v) is 4.25. The largest absolute Gasteiger partial charge is 0.457 e. The molecule has 1 atom stereocenters. The molecule has 1 amide bonds. The summed E-state index contributed by atoms with van der Waals surface area (Å²) in [6, 6.07) is 29.3. The van der Waals surface area contributed by atoms with Crippen molar-refractivity contribution in [2.24, 2.45) is 5.92 Å². The van der Waals surface area contributed by atoms with Gasteiger partial charge in [0.1, 0.15) is 11.5 Å². The Labute approximate surface area is 205 Å². The van der Waals surface area contributed by atoms with Gasteiger partial charge >= 0.3 is 0 Å². The number of aryl methyl sites for hydroxylation is 1. The lowest BCUT2D eigenvalue weighted by molar-refractivity contribution is -0.120. The second-order valence-corrected chi connectivity index (χ2v) is 8.86. The van der Waals surface area contributed by atoms with E-state index in [0.29, 0.717) is 6.54 Å². The van der Waals surface area contributed by atoms with E-state index in [1.807, 2.05) is 66.7 Å². The van der Waals surface area contributed by atoms with E-state index in [0.717, 1.165) is 53.6 Å². The minimum absolute atomic E-state index is 0.0238. The van der Waals surface area contributed by atoms with Crippen LogP contribution in [0.4, 0.5) is 11.5 Å². The first kappa shape index (κ1) is 22.6. The maximum Gasteiger partial charge on any atom is 0.229 e. The summed E-state index contributed by atoms with van der Waals surface area (Å²) in [6.45, 7) is 3.56. The third-order valence-corrected chi connectivity index (χ3v) is 6.21. The first-order chi connectivity index (χ1) is 17.1. The molecule has 1 aliphatic rings. The van der Waals surface area contributed by atoms with Gasteiger partial charge in [0.2, 0.25) is 5.91 Å². The average molecular weight is 465 g/mol. The van der Waals surface area contributed by atoms with Gasteiger partial charge in [-0.25, -0.2) is 0 Å². The van der Waals surface area contributed by atoms with Crippen molar-refractivity contribution in [3.05, 3.63) is 96.6 Å². The van der Waals surface area contributed by atoms with Gasteiger partial charge in [-0.3, -0.25) is 4.79 Å². The minimum Gasteiger partial charge on any atom is -0.457 e. The van der Waals surface area contributed by atoms with Crippen LogP contribution in [0.5, 0.6) is 11.5 Å². The number of aromatic nitrogens is 2. The molecule has 176 valence electrons. The first-order valence-corrected chi connectivity index (χ1v) is 11.9. The predicted octanol–water partition coefficient (Wildman–Crippen LogP) is 6.10. The molecular weight excluding hydrogens is 436 g/mol. The van der Waals surface area contributed by atoms with Gasteiger partial charge in [-0.15, -0.1) is 10.2 Å². The molecule has 35 heavy (non-hydrogen) atoms. The van der Waals surface area contributed by atoms with Crippen molar-refractivity contribution in [2.45, 2.75) is 19.8 Å². The Kier molecular flexibility index (Phi) is 6.70. The van der Waals surface area contributed by atoms with Crippen molar-refractivity contribution in [3.63, 3.8) is 0 Å². The van der Waals surface area contributed by atoms with Crippen LogP contribution in [-0.4, -0.2) is 29.2 Å². The van der Waals surface area contributed by atoms with Gasteiger partial charge < -0.3 is 15.0 Å². The van der Waals surface area contributed by atoms with E-state index in [1.165, 1.54) is 5.56 Å². The van der Waals surface area contributed by atoms with Crippen molar-refractivity contribution in [2.75, 3.05) is 23.3 Å². The molecule has 3 aromatic carbocycles. The van der Waals surface area contributed by atoms with Crippen LogP contribution in [0.2, 0.25) is 0 Å². The highest BCUT2D eigenvalue weighted by molar-refractivity contribution is 5.93. The van der Waals surface area contributed by atoms with E-state index >= 15 is 0 Å². The van der Waals surface area contributed by atoms with Crippen molar-refractivity contribution < 1.29 is 9.53 Å². The average Bonchev–Trinajstić information content (AvgIpc) is 2.91. The molecule has 0 saturated carbocycles. The van der Waals surface area contributed by atoms with Crippen molar-refractivity contribution in [1.29, 1.82) is 0 Å². The number of rotatable bonds is 6. The lowest BCUT2D eigenvalue weighted by atomic mass is 9.97. The van der Waals surface area contributed by atoms with Crippen LogP contribution in [0, 0.1) is 12.8 Å². The van der Waals surface area contributed by atoms with Gasteiger partial charge in [-0.05, 0) is 68.3 Å². The number of benzene rings is 3. The lowest BCUT2D eigenvalue weighted by Crippen LogP contribution is -2.41. The van der Waals surface area contributed by atoms with Gasteiger partial charge in [0.25, 0.3) is 0 Å². The summed E-state index contributed by atoms with van der Waals surface area (Å²) in [4.78, 5) is 15.1. The van der Waals surface area contributed by atoms with Crippen LogP contribution in [0.1, 0.15) is 18.4 Å². The van der Waals surface area contributed by atoms with Crippen LogP contribution in [0.15, 0.2) is 91.0 Å². The third-order valence-electron chi connectivity index (χ3n) is 6.21. The van der Waals surface area contributed by atoms with E-state index in [1.54, 1.807) is 0 Å². The lowest BCUT2D eigenvalue weighted by Gasteiger charge is -2.32. The Morgan fingerprint density at radius 2 is 1.63 bits per heavy atom. The second kappa shape index (κ2) is 10.4. The summed E-state index contributed by atoms with van der Waals surface area (Å²) in [7, 11) is 0. The molecule has 1 N–H and O–H groups in total. The predicted molar refractivity (Wildman–Crippen MR) is 139 cm³/mol. The fourth-order valence-electron chi connectivity index (χ4n) is 4.25. The molecule has 1 aromatic heterocycles. The number of ether oxygens (including phenoxy) is 1. The molecular formula is C29H28N4O2. The SMILES string of the molecule is Cc1ccc(-c2ccc(N3CCC[C@@H](C(=O)Nc4ccc(Oc5ccccc5)cc4)C3)nn2)cc1. The summed E-state index contributed by atoms with van der Waals surface area (Å²) in [5, 5.41) is 11.9. The van der Waals surface area contributed by atoms with E-state index < -0.39 is 0 Å². The standard InChI is InChI=1S/C29H28N4O2/c1-21-9-11-22(12-10-21)27-17-18-28(32-31-27)33-19-5-6-23(20-33)29(34)30-24-13-15-26(16-14-24)35-25-7-3-2-4-8-25/h2-4,7-18,23H,5-6,19-20H2,1H3,(H,30,34)/t23-/m1/s1. The minimum atomic E-state index is -0.109. The topological polar surface area (TPSA) is 67.4 Å². The number of nitrogens with one attached hydrogen (secondary N) is 1. The Hall–Kier alpha value is -4.19. The van der Waals surface area contributed by atoms with Gasteiger partial charge in [0.05, 0.1) is 11.6 Å². The van der Waals surface area contributed by atoms with Crippen molar-refractivity contribution >= 4 is 17.4 Å². The van der Waals surface area contributed by atoms with E-state index in [4.69, 9.17) is 4.74 Å². The Balaban J connectivity index is 1.18. The zero-order valence-electron chi connectivity index (χ0n) is 19.7. The molecule has 1 aliphatic heterocycles.